The fourth-order valence-electron chi connectivity index (χ4n) is 3.66. The molecule has 29 heavy (non-hydrogen) atoms. The van der Waals surface area contributed by atoms with Gasteiger partial charge in [-0.15, -0.1) is 22.7 Å². The molecular formula is C22H22ClFN2S3. The minimum absolute atomic E-state index is 0.131. The molecule has 0 spiro atoms. The molecule has 0 amide bonds. The average molecular weight is 465 g/mol. The van der Waals surface area contributed by atoms with Gasteiger partial charge in [-0.3, -0.25) is 0 Å². The van der Waals surface area contributed by atoms with Crippen molar-refractivity contribution in [3.63, 3.8) is 0 Å². The zero-order valence-electron chi connectivity index (χ0n) is 16.4. The molecule has 2 nitrogen and oxygen atoms in total. The Bertz CT molecular complexity index is 1100. The van der Waals surface area contributed by atoms with Crippen molar-refractivity contribution in [2.45, 2.75) is 46.0 Å². The smallest absolute Gasteiger partial charge is 0.153 e. The lowest BCUT2D eigenvalue weighted by Crippen LogP contribution is -2.01. The fraction of sp³-hybridized carbons (Fsp3) is 0.364. The molecule has 3 aromatic heterocycles. The zero-order chi connectivity index (χ0) is 20.4. The first-order valence-electron chi connectivity index (χ1n) is 9.90. The number of fused-ring (bicyclic) bond motifs is 1. The summed E-state index contributed by atoms with van der Waals surface area (Å²) in [5, 5.41) is 2.09. The second-order valence-corrected chi connectivity index (χ2v) is 10.2. The highest BCUT2D eigenvalue weighted by molar-refractivity contribution is 7.15. The zero-order valence-corrected chi connectivity index (χ0v) is 19.6. The molecular weight excluding hydrogens is 443 g/mol. The van der Waals surface area contributed by atoms with Crippen LogP contribution in [0.25, 0.3) is 31.9 Å². The molecule has 0 aliphatic carbocycles. The molecule has 0 fully saturated rings. The number of benzene rings is 1. The van der Waals surface area contributed by atoms with Gasteiger partial charge in [0.15, 0.2) is 5.82 Å². The largest absolute Gasteiger partial charge is 0.205 e. The predicted octanol–water partition coefficient (Wildman–Crippen LogP) is 8.70. The highest BCUT2D eigenvalue weighted by Crippen LogP contribution is 2.45. The number of rotatable bonds is 8. The number of nitrogens with zero attached hydrogens (tertiary/aromatic N) is 2. The molecule has 0 radical (unpaired) electrons. The van der Waals surface area contributed by atoms with E-state index in [0.29, 0.717) is 28.1 Å². The maximum absolute atomic E-state index is 15.5. The van der Waals surface area contributed by atoms with E-state index < -0.39 is 5.82 Å². The van der Waals surface area contributed by atoms with Crippen molar-refractivity contribution in [3.8, 4) is 20.9 Å². The molecule has 1 unspecified atom stereocenters. The first kappa shape index (κ1) is 20.9. The number of aromatic nitrogens is 2. The minimum atomic E-state index is -0.401. The standard InChI is InChI=1S/C22H22ClFN2S3/c1-3-5-7-13(4-2)12-14-9-10-16(28-14)18-20(24)19(23)17(15-8-6-11-27-15)21-22(18)26-29-25-21/h6,8-11,13H,3-5,7,12H2,1-2H3. The summed E-state index contributed by atoms with van der Waals surface area (Å²) in [7, 11) is 0. The van der Waals surface area contributed by atoms with Crippen molar-refractivity contribution >= 4 is 57.0 Å². The minimum Gasteiger partial charge on any atom is -0.205 e. The molecule has 4 aromatic rings. The van der Waals surface area contributed by atoms with Crippen LogP contribution in [0.1, 0.15) is 44.4 Å². The van der Waals surface area contributed by atoms with Crippen molar-refractivity contribution in [1.29, 1.82) is 0 Å². The summed E-state index contributed by atoms with van der Waals surface area (Å²) in [5.41, 5.74) is 2.42. The first-order chi connectivity index (χ1) is 14.1. The van der Waals surface area contributed by atoms with Crippen LogP contribution in [-0.4, -0.2) is 8.75 Å². The summed E-state index contributed by atoms with van der Waals surface area (Å²) in [6, 6.07) is 8.00. The molecule has 0 saturated carbocycles. The van der Waals surface area contributed by atoms with E-state index in [9.17, 15) is 0 Å². The van der Waals surface area contributed by atoms with E-state index in [2.05, 4.69) is 28.7 Å². The van der Waals surface area contributed by atoms with Crippen LogP contribution in [0.4, 0.5) is 4.39 Å². The van der Waals surface area contributed by atoms with E-state index in [0.717, 1.165) is 27.9 Å². The SMILES string of the molecule is CCCCC(CC)Cc1ccc(-c2c(F)c(Cl)c(-c3cccs3)c3nsnc23)s1. The lowest BCUT2D eigenvalue weighted by Gasteiger charge is -2.12. The van der Waals surface area contributed by atoms with Crippen molar-refractivity contribution in [1.82, 2.24) is 8.75 Å². The quantitative estimate of drug-likeness (QED) is 0.260. The number of halogens is 2. The van der Waals surface area contributed by atoms with Crippen LogP contribution >= 0.6 is 46.0 Å². The molecule has 0 saturated heterocycles. The van der Waals surface area contributed by atoms with Crippen LogP contribution in [0.3, 0.4) is 0 Å². The van der Waals surface area contributed by atoms with Gasteiger partial charge in [-0.2, -0.15) is 8.75 Å². The van der Waals surface area contributed by atoms with Gasteiger partial charge >= 0.3 is 0 Å². The van der Waals surface area contributed by atoms with Gasteiger partial charge in [0, 0.05) is 20.2 Å². The van der Waals surface area contributed by atoms with Crippen LogP contribution in [0.2, 0.25) is 5.02 Å². The van der Waals surface area contributed by atoms with E-state index in [1.165, 1.54) is 41.9 Å². The van der Waals surface area contributed by atoms with Gasteiger partial charge in [0.1, 0.15) is 11.0 Å². The Hall–Kier alpha value is -1.34. The third kappa shape index (κ3) is 4.13. The molecule has 1 aromatic carbocycles. The normalized spacial score (nSPS) is 12.7. The number of hydrogen-bond acceptors (Lipinski definition) is 5. The Morgan fingerprint density at radius 2 is 1.86 bits per heavy atom. The van der Waals surface area contributed by atoms with Gasteiger partial charge in [0.25, 0.3) is 0 Å². The maximum atomic E-state index is 15.5. The summed E-state index contributed by atoms with van der Waals surface area (Å²) >= 11 is 10.8. The molecule has 152 valence electrons. The van der Waals surface area contributed by atoms with E-state index in [4.69, 9.17) is 11.6 Å². The lowest BCUT2D eigenvalue weighted by molar-refractivity contribution is 0.452. The summed E-state index contributed by atoms with van der Waals surface area (Å²) in [5.74, 6) is 0.277. The van der Waals surface area contributed by atoms with Gasteiger partial charge < -0.3 is 0 Å². The van der Waals surface area contributed by atoms with Crippen molar-refractivity contribution in [3.05, 3.63) is 45.4 Å². The average Bonchev–Trinajstić information content (AvgIpc) is 3.48. The summed E-state index contributed by atoms with van der Waals surface area (Å²) in [6.07, 6.45) is 5.94. The van der Waals surface area contributed by atoms with Crippen LogP contribution in [0, 0.1) is 11.7 Å². The highest BCUT2D eigenvalue weighted by atomic mass is 35.5. The molecule has 3 heterocycles. The Labute approximate surface area is 187 Å². The van der Waals surface area contributed by atoms with Gasteiger partial charge in [-0.25, -0.2) is 4.39 Å². The molecule has 0 aliphatic rings. The molecule has 0 bridgehead atoms. The molecule has 4 rings (SSSR count). The maximum Gasteiger partial charge on any atom is 0.153 e. The monoisotopic (exact) mass is 464 g/mol. The first-order valence-corrected chi connectivity index (χ1v) is 12.7. The van der Waals surface area contributed by atoms with E-state index in [1.54, 1.807) is 11.3 Å². The van der Waals surface area contributed by atoms with Gasteiger partial charge in [-0.05, 0) is 35.9 Å². The Morgan fingerprint density at radius 1 is 1.07 bits per heavy atom. The second kappa shape index (κ2) is 9.21. The van der Waals surface area contributed by atoms with E-state index >= 15 is 4.39 Å². The van der Waals surface area contributed by atoms with Crippen LogP contribution in [0.15, 0.2) is 29.6 Å². The van der Waals surface area contributed by atoms with Crippen molar-refractivity contribution in [2.75, 3.05) is 0 Å². The van der Waals surface area contributed by atoms with Gasteiger partial charge in [-0.1, -0.05) is 57.2 Å². The van der Waals surface area contributed by atoms with Crippen LogP contribution < -0.4 is 0 Å². The lowest BCUT2D eigenvalue weighted by atomic mass is 9.95. The highest BCUT2D eigenvalue weighted by Gasteiger charge is 2.25. The van der Waals surface area contributed by atoms with Crippen molar-refractivity contribution < 1.29 is 4.39 Å². The summed E-state index contributed by atoms with van der Waals surface area (Å²) < 4.78 is 24.4. The van der Waals surface area contributed by atoms with Crippen LogP contribution in [-0.2, 0) is 6.42 Å². The summed E-state index contributed by atoms with van der Waals surface area (Å²) in [4.78, 5) is 3.07. The van der Waals surface area contributed by atoms with E-state index in [-0.39, 0.29) is 5.02 Å². The topological polar surface area (TPSA) is 25.8 Å². The fourth-order valence-corrected chi connectivity index (χ4v) is 6.51. The summed E-state index contributed by atoms with van der Waals surface area (Å²) in [6.45, 7) is 4.48. The predicted molar refractivity (Wildman–Crippen MR) is 126 cm³/mol. The third-order valence-corrected chi connectivity index (χ3v) is 8.20. The number of hydrogen-bond donors (Lipinski definition) is 0. The Balaban J connectivity index is 1.74. The second-order valence-electron chi connectivity index (χ2n) is 7.20. The third-order valence-electron chi connectivity index (χ3n) is 5.30. The van der Waals surface area contributed by atoms with Gasteiger partial charge in [0.05, 0.1) is 22.3 Å². The molecule has 0 N–H and O–H groups in total. The number of thiophene rings is 2. The Morgan fingerprint density at radius 3 is 2.55 bits per heavy atom. The van der Waals surface area contributed by atoms with Gasteiger partial charge in [0.2, 0.25) is 0 Å². The number of unbranched alkanes of at least 4 members (excludes halogenated alkanes) is 1. The van der Waals surface area contributed by atoms with E-state index in [1.807, 2.05) is 23.6 Å². The Kier molecular flexibility index (Phi) is 6.64. The molecule has 0 aliphatic heterocycles. The molecule has 7 heteroatoms. The molecule has 1 atom stereocenters. The van der Waals surface area contributed by atoms with Crippen LogP contribution in [0.5, 0.6) is 0 Å². The van der Waals surface area contributed by atoms with Crippen molar-refractivity contribution in [2.24, 2.45) is 5.92 Å².